The van der Waals surface area contributed by atoms with Crippen molar-refractivity contribution in [3.8, 4) is 0 Å². The van der Waals surface area contributed by atoms with Crippen LogP contribution in [0.5, 0.6) is 0 Å². The second kappa shape index (κ2) is 11.0. The topological polar surface area (TPSA) is 13.1 Å². The molecule has 1 heterocycles. The zero-order valence-electron chi connectivity index (χ0n) is 29.5. The smallest absolute Gasteiger partial charge is 0.136 e. The highest BCUT2D eigenvalue weighted by Gasteiger charge is 2.44. The Morgan fingerprint density at radius 3 is 1.79 bits per heavy atom. The van der Waals surface area contributed by atoms with E-state index in [-0.39, 0.29) is 5.41 Å². The minimum absolute atomic E-state index is 0.0810. The highest BCUT2D eigenvalue weighted by molar-refractivity contribution is 6.17. The first-order valence-electron chi connectivity index (χ1n) is 18.7. The molecule has 1 heteroatoms. The Bertz CT molecular complexity index is 2880. The third-order valence-electron chi connectivity index (χ3n) is 12.4. The van der Waals surface area contributed by atoms with E-state index in [2.05, 4.69) is 166 Å². The van der Waals surface area contributed by atoms with Gasteiger partial charge in [-0.05, 0) is 114 Å². The molecule has 1 aromatic heterocycles. The van der Waals surface area contributed by atoms with Crippen molar-refractivity contribution in [2.75, 3.05) is 0 Å². The van der Waals surface area contributed by atoms with Gasteiger partial charge in [0.2, 0.25) is 0 Å². The molecule has 0 fully saturated rings. The van der Waals surface area contributed by atoms with Crippen molar-refractivity contribution in [3.05, 3.63) is 185 Å². The fraction of sp³-hybridized carbons (Fsp3) is 0.137. The summed E-state index contributed by atoms with van der Waals surface area (Å²) >= 11 is 0. The van der Waals surface area contributed by atoms with Gasteiger partial charge in [0, 0.05) is 22.1 Å². The molecule has 0 amide bonds. The number of para-hydroxylation sites is 1. The number of rotatable bonds is 3. The van der Waals surface area contributed by atoms with E-state index in [1.807, 2.05) is 0 Å². The SMILES string of the molecule is CC1(C)C2=CC=C(c3c4ccccc4c(C4=CC=C(c5ccccc5)CC4)c4ccccc34)CC2c2ccc3cc4oc5ccccc5c4cc3c21. The summed E-state index contributed by atoms with van der Waals surface area (Å²) in [6, 6.07) is 46.9. The molecule has 0 aliphatic heterocycles. The Hall–Kier alpha value is -5.92. The lowest BCUT2D eigenvalue weighted by atomic mass is 9.75. The molecule has 7 aromatic carbocycles. The van der Waals surface area contributed by atoms with Crippen LogP contribution in [0.1, 0.15) is 66.8 Å². The molecule has 1 atom stereocenters. The van der Waals surface area contributed by atoms with E-state index in [0.717, 1.165) is 30.4 Å². The number of benzene rings is 7. The Balaban J connectivity index is 1.06. The van der Waals surface area contributed by atoms with E-state index in [9.17, 15) is 0 Å². The molecule has 0 N–H and O–H groups in total. The van der Waals surface area contributed by atoms with Gasteiger partial charge in [-0.1, -0.05) is 153 Å². The van der Waals surface area contributed by atoms with E-state index < -0.39 is 0 Å². The molecule has 0 spiro atoms. The molecule has 0 bridgehead atoms. The number of furan rings is 1. The quantitative estimate of drug-likeness (QED) is 0.171. The maximum atomic E-state index is 6.30. The van der Waals surface area contributed by atoms with Crippen LogP contribution in [0.25, 0.3) is 71.0 Å². The molecule has 0 radical (unpaired) electrons. The summed E-state index contributed by atoms with van der Waals surface area (Å²) in [6.07, 6.45) is 12.7. The molecular weight excluding hydrogens is 629 g/mol. The number of allylic oxidation sites excluding steroid dienone is 8. The summed E-state index contributed by atoms with van der Waals surface area (Å²) in [7, 11) is 0. The minimum Gasteiger partial charge on any atom is -0.456 e. The largest absolute Gasteiger partial charge is 0.456 e. The summed E-state index contributed by atoms with van der Waals surface area (Å²) in [5, 5.41) is 10.4. The first kappa shape index (κ1) is 29.8. The summed E-state index contributed by atoms with van der Waals surface area (Å²) in [5.74, 6) is 0.339. The predicted octanol–water partition coefficient (Wildman–Crippen LogP) is 14.1. The van der Waals surface area contributed by atoms with E-state index >= 15 is 0 Å². The van der Waals surface area contributed by atoms with Gasteiger partial charge in [-0.25, -0.2) is 0 Å². The van der Waals surface area contributed by atoms with Crippen LogP contribution in [0, 0.1) is 0 Å². The van der Waals surface area contributed by atoms with E-state index in [4.69, 9.17) is 4.42 Å². The minimum atomic E-state index is -0.0810. The zero-order valence-corrected chi connectivity index (χ0v) is 29.5. The van der Waals surface area contributed by atoms with Crippen LogP contribution in [0.4, 0.5) is 0 Å². The average molecular weight is 667 g/mol. The van der Waals surface area contributed by atoms with Gasteiger partial charge in [0.05, 0.1) is 0 Å². The van der Waals surface area contributed by atoms with Crippen molar-refractivity contribution >= 4 is 71.0 Å². The first-order valence-corrected chi connectivity index (χ1v) is 18.7. The van der Waals surface area contributed by atoms with Gasteiger partial charge in [0.1, 0.15) is 11.2 Å². The van der Waals surface area contributed by atoms with Gasteiger partial charge in [-0.15, -0.1) is 0 Å². The van der Waals surface area contributed by atoms with Crippen molar-refractivity contribution < 1.29 is 4.42 Å². The molecule has 1 unspecified atom stereocenters. The summed E-state index contributed by atoms with van der Waals surface area (Å²) in [5.41, 5.74) is 14.7. The predicted molar refractivity (Wildman–Crippen MR) is 221 cm³/mol. The normalized spacial score (nSPS) is 18.0. The Labute approximate surface area is 303 Å². The van der Waals surface area contributed by atoms with Crippen LogP contribution in [0.15, 0.2) is 162 Å². The lowest BCUT2D eigenvalue weighted by Crippen LogP contribution is -2.18. The lowest BCUT2D eigenvalue weighted by molar-refractivity contribution is 0.618. The van der Waals surface area contributed by atoms with Crippen molar-refractivity contribution in [3.63, 3.8) is 0 Å². The van der Waals surface area contributed by atoms with Gasteiger partial charge in [0.25, 0.3) is 0 Å². The van der Waals surface area contributed by atoms with Gasteiger partial charge < -0.3 is 4.42 Å². The van der Waals surface area contributed by atoms with Gasteiger partial charge in [0.15, 0.2) is 0 Å². The average Bonchev–Trinajstić information content (AvgIpc) is 3.67. The van der Waals surface area contributed by atoms with Crippen LogP contribution >= 0.6 is 0 Å². The Morgan fingerprint density at radius 1 is 0.500 bits per heavy atom. The highest BCUT2D eigenvalue weighted by atomic mass is 16.3. The summed E-state index contributed by atoms with van der Waals surface area (Å²) in [4.78, 5) is 0. The zero-order chi connectivity index (χ0) is 34.6. The number of hydrogen-bond donors (Lipinski definition) is 0. The number of hydrogen-bond acceptors (Lipinski definition) is 1. The molecule has 8 aromatic rings. The Morgan fingerprint density at radius 2 is 1.10 bits per heavy atom. The van der Waals surface area contributed by atoms with E-state index in [1.54, 1.807) is 0 Å². The molecule has 0 saturated carbocycles. The molecule has 52 heavy (non-hydrogen) atoms. The standard InChI is InChI=1S/C51H38O/c1-51(2)45-27-25-35(28-43(45)41-26-24-34-29-47-44(30-42(34)50(41)51)36-14-10-11-19-46(36)52-47)49-39-17-8-6-15-37(39)48(38-16-7-9-18-40(38)49)33-22-20-32(21-23-33)31-12-4-3-5-13-31/h3-20,22,24-27,29-30,43H,21,23,28H2,1-2H3. The number of fused-ring (bicyclic) bond motifs is 10. The summed E-state index contributed by atoms with van der Waals surface area (Å²) < 4.78 is 6.30. The fourth-order valence-electron chi connectivity index (χ4n) is 10.1. The third kappa shape index (κ3) is 4.23. The van der Waals surface area contributed by atoms with Crippen molar-refractivity contribution in [1.82, 2.24) is 0 Å². The lowest BCUT2D eigenvalue weighted by Gasteiger charge is -2.29. The first-order chi connectivity index (χ1) is 25.5. The second-order valence-electron chi connectivity index (χ2n) is 15.5. The third-order valence-corrected chi connectivity index (χ3v) is 12.4. The summed E-state index contributed by atoms with van der Waals surface area (Å²) in [6.45, 7) is 4.87. The maximum Gasteiger partial charge on any atom is 0.136 e. The molecular formula is C51H38O. The Kier molecular flexibility index (Phi) is 6.32. The molecule has 3 aliphatic rings. The molecule has 11 rings (SSSR count). The molecule has 248 valence electrons. The molecule has 3 aliphatic carbocycles. The van der Waals surface area contributed by atoms with Crippen molar-refractivity contribution in [2.45, 2.75) is 44.4 Å². The second-order valence-corrected chi connectivity index (χ2v) is 15.5. The van der Waals surface area contributed by atoms with Crippen LogP contribution in [-0.2, 0) is 5.41 Å². The van der Waals surface area contributed by atoms with Crippen LogP contribution in [-0.4, -0.2) is 0 Å². The van der Waals surface area contributed by atoms with Crippen LogP contribution < -0.4 is 0 Å². The van der Waals surface area contributed by atoms with Crippen molar-refractivity contribution in [1.29, 1.82) is 0 Å². The fourth-order valence-corrected chi connectivity index (χ4v) is 10.1. The monoisotopic (exact) mass is 666 g/mol. The van der Waals surface area contributed by atoms with E-state index in [0.29, 0.717) is 5.92 Å². The van der Waals surface area contributed by atoms with Crippen LogP contribution in [0.3, 0.4) is 0 Å². The molecule has 1 nitrogen and oxygen atoms in total. The molecule has 0 saturated heterocycles. The van der Waals surface area contributed by atoms with Crippen molar-refractivity contribution in [2.24, 2.45) is 0 Å². The highest BCUT2D eigenvalue weighted by Crippen LogP contribution is 2.58. The maximum absolute atomic E-state index is 6.30. The van der Waals surface area contributed by atoms with Gasteiger partial charge in [-0.2, -0.15) is 0 Å². The van der Waals surface area contributed by atoms with Gasteiger partial charge >= 0.3 is 0 Å². The van der Waals surface area contributed by atoms with E-state index in [1.165, 1.54) is 93.2 Å². The van der Waals surface area contributed by atoms with Crippen LogP contribution in [0.2, 0.25) is 0 Å². The van der Waals surface area contributed by atoms with Gasteiger partial charge in [-0.3, -0.25) is 0 Å².